The Bertz CT molecular complexity index is 291. The maximum absolute atomic E-state index is 13.3. The molecule has 0 aliphatic heterocycles. The largest absolute Gasteiger partial charge is 0.324 e. The van der Waals surface area contributed by atoms with Gasteiger partial charge in [0.15, 0.2) is 0 Å². The lowest BCUT2D eigenvalue weighted by molar-refractivity contribution is 0.597. The Morgan fingerprint density at radius 1 is 1.54 bits per heavy atom. The molecule has 0 aliphatic rings. The summed E-state index contributed by atoms with van der Waals surface area (Å²) in [7, 11) is 0. The van der Waals surface area contributed by atoms with E-state index >= 15 is 0 Å². The molecule has 1 aromatic rings. The van der Waals surface area contributed by atoms with Crippen LogP contribution in [0.15, 0.2) is 17.0 Å². The van der Waals surface area contributed by atoms with E-state index in [0.29, 0.717) is 9.92 Å². The Morgan fingerprint density at radius 2 is 2.15 bits per heavy atom. The van der Waals surface area contributed by atoms with Crippen LogP contribution in [0.25, 0.3) is 0 Å². The lowest BCUT2D eigenvalue weighted by atomic mass is 10.1. The van der Waals surface area contributed by atoms with E-state index in [1.807, 2.05) is 0 Å². The first kappa shape index (κ1) is 10.8. The molecule has 0 heterocycles. The van der Waals surface area contributed by atoms with E-state index in [-0.39, 0.29) is 11.9 Å². The fourth-order valence-corrected chi connectivity index (χ4v) is 1.99. The molecule has 1 nitrogen and oxygen atoms in total. The molecule has 1 atom stereocenters. The van der Waals surface area contributed by atoms with Crippen LogP contribution < -0.4 is 5.73 Å². The van der Waals surface area contributed by atoms with Gasteiger partial charge in [0.05, 0.1) is 9.92 Å². The molecule has 4 heteroatoms. The summed E-state index contributed by atoms with van der Waals surface area (Å²) in [5.41, 5.74) is 6.33. The minimum atomic E-state index is -0.299. The quantitative estimate of drug-likeness (QED) is 0.773. The summed E-state index contributed by atoms with van der Waals surface area (Å²) in [4.78, 5) is 0.478. The molecular weight excluding hydrogens is 209 g/mol. The average Bonchev–Trinajstić information content (AvgIpc) is 2.03. The number of rotatable bonds is 2. The van der Waals surface area contributed by atoms with Crippen molar-refractivity contribution in [1.82, 2.24) is 0 Å². The van der Waals surface area contributed by atoms with Crippen LogP contribution in [0.4, 0.5) is 4.39 Å². The lowest BCUT2D eigenvalue weighted by Crippen LogP contribution is -2.05. The van der Waals surface area contributed by atoms with Gasteiger partial charge in [0.1, 0.15) is 5.82 Å². The Hall–Kier alpha value is -0.250. The summed E-state index contributed by atoms with van der Waals surface area (Å²) in [5.74, 6) is -0.299. The van der Waals surface area contributed by atoms with Gasteiger partial charge in [0.2, 0.25) is 0 Å². The summed E-state index contributed by atoms with van der Waals surface area (Å²) in [6.45, 7) is 1.80. The topological polar surface area (TPSA) is 26.0 Å². The molecule has 0 aromatic heterocycles. The van der Waals surface area contributed by atoms with Crippen molar-refractivity contribution in [2.75, 3.05) is 6.26 Å². The van der Waals surface area contributed by atoms with Crippen LogP contribution in [0.1, 0.15) is 18.5 Å². The monoisotopic (exact) mass is 219 g/mol. The average molecular weight is 220 g/mol. The number of halogens is 2. The number of nitrogens with two attached hydrogens (primary N) is 1. The molecular formula is C9H11ClFNS. The molecule has 0 amide bonds. The van der Waals surface area contributed by atoms with Gasteiger partial charge in [0, 0.05) is 6.04 Å². The molecule has 0 spiro atoms. The molecule has 0 saturated carbocycles. The maximum atomic E-state index is 13.3. The van der Waals surface area contributed by atoms with Crippen LogP contribution in [-0.2, 0) is 0 Å². The van der Waals surface area contributed by atoms with Crippen LogP contribution in [0.2, 0.25) is 5.02 Å². The SMILES string of the molecule is CSc1c(F)cc(C(C)N)cc1Cl. The molecule has 0 aliphatic carbocycles. The molecule has 1 rings (SSSR count). The lowest BCUT2D eigenvalue weighted by Gasteiger charge is -2.09. The number of hydrogen-bond donors (Lipinski definition) is 1. The Balaban J connectivity index is 3.20. The van der Waals surface area contributed by atoms with Gasteiger partial charge in [-0.15, -0.1) is 11.8 Å². The third-order valence-electron chi connectivity index (χ3n) is 1.75. The molecule has 72 valence electrons. The first-order valence-electron chi connectivity index (χ1n) is 3.84. The fraction of sp³-hybridized carbons (Fsp3) is 0.333. The van der Waals surface area contributed by atoms with Crippen molar-refractivity contribution in [3.8, 4) is 0 Å². The number of hydrogen-bond acceptors (Lipinski definition) is 2. The molecule has 0 bridgehead atoms. The van der Waals surface area contributed by atoms with Crippen molar-refractivity contribution in [3.05, 3.63) is 28.5 Å². The van der Waals surface area contributed by atoms with Crippen molar-refractivity contribution in [2.45, 2.75) is 17.9 Å². The first-order valence-corrected chi connectivity index (χ1v) is 5.45. The normalized spacial score (nSPS) is 13.0. The summed E-state index contributed by atoms with van der Waals surface area (Å²) in [6, 6.07) is 2.95. The van der Waals surface area contributed by atoms with Gasteiger partial charge in [0.25, 0.3) is 0 Å². The highest BCUT2D eigenvalue weighted by molar-refractivity contribution is 7.98. The third kappa shape index (κ3) is 2.36. The minimum absolute atomic E-state index is 0.192. The zero-order valence-electron chi connectivity index (χ0n) is 7.47. The molecule has 2 N–H and O–H groups in total. The molecule has 1 aromatic carbocycles. The van der Waals surface area contributed by atoms with Crippen molar-refractivity contribution in [3.63, 3.8) is 0 Å². The van der Waals surface area contributed by atoms with Crippen LogP contribution in [0, 0.1) is 5.82 Å². The highest BCUT2D eigenvalue weighted by Gasteiger charge is 2.10. The summed E-state index contributed by atoms with van der Waals surface area (Å²) in [5, 5.41) is 0.430. The van der Waals surface area contributed by atoms with Crippen molar-refractivity contribution in [1.29, 1.82) is 0 Å². The minimum Gasteiger partial charge on any atom is -0.324 e. The van der Waals surface area contributed by atoms with Gasteiger partial charge in [-0.3, -0.25) is 0 Å². The van der Waals surface area contributed by atoms with Crippen LogP contribution >= 0.6 is 23.4 Å². The predicted octanol–water partition coefficient (Wildman–Crippen LogP) is 3.22. The molecule has 1 unspecified atom stereocenters. The van der Waals surface area contributed by atoms with Crippen LogP contribution in [0.5, 0.6) is 0 Å². The number of benzene rings is 1. The second kappa shape index (κ2) is 4.31. The number of thioether (sulfide) groups is 1. The second-order valence-electron chi connectivity index (χ2n) is 2.81. The first-order chi connectivity index (χ1) is 6.06. The van der Waals surface area contributed by atoms with Gasteiger partial charge in [-0.1, -0.05) is 11.6 Å². The summed E-state index contributed by atoms with van der Waals surface area (Å²) >= 11 is 7.16. The van der Waals surface area contributed by atoms with E-state index in [1.54, 1.807) is 19.2 Å². The highest BCUT2D eigenvalue weighted by Crippen LogP contribution is 2.30. The molecule has 13 heavy (non-hydrogen) atoms. The van der Waals surface area contributed by atoms with Crippen molar-refractivity contribution in [2.24, 2.45) is 5.73 Å². The van der Waals surface area contributed by atoms with Gasteiger partial charge in [-0.25, -0.2) is 4.39 Å². The summed E-state index contributed by atoms with van der Waals surface area (Å²) < 4.78 is 13.3. The van der Waals surface area contributed by atoms with Crippen molar-refractivity contribution < 1.29 is 4.39 Å². The fourth-order valence-electron chi connectivity index (χ4n) is 1.04. The molecule has 0 saturated heterocycles. The van der Waals surface area contributed by atoms with E-state index in [9.17, 15) is 4.39 Å². The molecule has 0 radical (unpaired) electrons. The smallest absolute Gasteiger partial charge is 0.138 e. The Morgan fingerprint density at radius 3 is 2.54 bits per heavy atom. The van der Waals surface area contributed by atoms with Gasteiger partial charge in [-0.2, -0.15) is 0 Å². The van der Waals surface area contributed by atoms with Gasteiger partial charge >= 0.3 is 0 Å². The van der Waals surface area contributed by atoms with Gasteiger partial charge < -0.3 is 5.73 Å². The van der Waals surface area contributed by atoms with Crippen LogP contribution in [0.3, 0.4) is 0 Å². The van der Waals surface area contributed by atoms with E-state index in [1.165, 1.54) is 17.8 Å². The Labute approximate surface area is 86.5 Å². The van der Waals surface area contributed by atoms with E-state index in [2.05, 4.69) is 0 Å². The second-order valence-corrected chi connectivity index (χ2v) is 4.03. The van der Waals surface area contributed by atoms with E-state index in [4.69, 9.17) is 17.3 Å². The zero-order valence-corrected chi connectivity index (χ0v) is 9.05. The van der Waals surface area contributed by atoms with Crippen LogP contribution in [-0.4, -0.2) is 6.26 Å². The predicted molar refractivity (Wildman–Crippen MR) is 55.8 cm³/mol. The maximum Gasteiger partial charge on any atom is 0.138 e. The highest BCUT2D eigenvalue weighted by atomic mass is 35.5. The Kier molecular flexibility index (Phi) is 3.59. The van der Waals surface area contributed by atoms with Crippen molar-refractivity contribution >= 4 is 23.4 Å². The third-order valence-corrected chi connectivity index (χ3v) is 2.98. The van der Waals surface area contributed by atoms with E-state index < -0.39 is 0 Å². The standard InChI is InChI=1S/C9H11ClFNS/c1-5(12)6-3-7(10)9(13-2)8(11)4-6/h3-5H,12H2,1-2H3. The molecule has 0 fully saturated rings. The van der Waals surface area contributed by atoms with Gasteiger partial charge in [-0.05, 0) is 30.9 Å². The zero-order chi connectivity index (χ0) is 10.0. The summed E-state index contributed by atoms with van der Waals surface area (Å²) in [6.07, 6.45) is 1.79. The van der Waals surface area contributed by atoms with E-state index in [0.717, 1.165) is 5.56 Å².